The Bertz CT molecular complexity index is 260. The van der Waals surface area contributed by atoms with Gasteiger partial charge in [-0.25, -0.2) is 4.98 Å². The summed E-state index contributed by atoms with van der Waals surface area (Å²) >= 11 is 2.07. The van der Waals surface area contributed by atoms with Gasteiger partial charge in [0.2, 0.25) is 0 Å². The van der Waals surface area contributed by atoms with Crippen LogP contribution in [0, 0.1) is 0 Å². The zero-order valence-electron chi connectivity index (χ0n) is 8.49. The fourth-order valence-electron chi connectivity index (χ4n) is 1.79. The molecule has 2 unspecified atom stereocenters. The van der Waals surface area contributed by atoms with Crippen LogP contribution in [-0.2, 0) is 6.42 Å². The first-order valence-corrected chi connectivity index (χ1v) is 6.21. The minimum absolute atomic E-state index is 0.720. The minimum Gasteiger partial charge on any atom is -0.348 e. The van der Waals surface area contributed by atoms with Gasteiger partial charge in [0.05, 0.1) is 6.33 Å². The van der Waals surface area contributed by atoms with Crippen molar-refractivity contribution in [2.75, 3.05) is 12.3 Å². The maximum absolute atomic E-state index is 4.00. The van der Waals surface area contributed by atoms with Crippen LogP contribution in [0.5, 0.6) is 0 Å². The lowest BCUT2D eigenvalue weighted by atomic mass is 10.2. The maximum Gasteiger partial charge on any atom is 0.0921 e. The van der Waals surface area contributed by atoms with Crippen molar-refractivity contribution in [1.82, 2.24) is 15.3 Å². The van der Waals surface area contributed by atoms with E-state index in [1.54, 1.807) is 6.33 Å². The third-order valence-corrected chi connectivity index (χ3v) is 3.94. The summed E-state index contributed by atoms with van der Waals surface area (Å²) in [6.07, 6.45) is 6.00. The molecule has 4 heteroatoms. The molecule has 0 aliphatic carbocycles. The largest absolute Gasteiger partial charge is 0.348 e. The number of thioether (sulfide) groups is 1. The summed E-state index contributed by atoms with van der Waals surface area (Å²) in [4.78, 5) is 7.11. The van der Waals surface area contributed by atoms with Crippen LogP contribution in [0.25, 0.3) is 0 Å². The van der Waals surface area contributed by atoms with E-state index in [0.29, 0.717) is 0 Å². The predicted octanol–water partition coefficient (Wildman–Crippen LogP) is 1.44. The van der Waals surface area contributed by atoms with E-state index < -0.39 is 0 Å². The normalized spacial score (nSPS) is 26.9. The summed E-state index contributed by atoms with van der Waals surface area (Å²) in [6.45, 7) is 3.36. The molecule has 14 heavy (non-hydrogen) atoms. The smallest absolute Gasteiger partial charge is 0.0921 e. The Labute approximate surface area is 89.1 Å². The average molecular weight is 211 g/mol. The molecule has 0 bridgehead atoms. The predicted molar refractivity (Wildman–Crippen MR) is 60.6 cm³/mol. The number of hydrogen-bond acceptors (Lipinski definition) is 3. The summed E-state index contributed by atoms with van der Waals surface area (Å²) in [5.41, 5.74) is 1.22. The van der Waals surface area contributed by atoms with Gasteiger partial charge in [-0.3, -0.25) is 0 Å². The highest BCUT2D eigenvalue weighted by molar-refractivity contribution is 8.00. The fourth-order valence-corrected chi connectivity index (χ4v) is 2.97. The first kappa shape index (κ1) is 10.1. The van der Waals surface area contributed by atoms with E-state index in [1.807, 2.05) is 6.20 Å². The Balaban J connectivity index is 1.64. The van der Waals surface area contributed by atoms with Crippen molar-refractivity contribution in [2.24, 2.45) is 0 Å². The highest BCUT2D eigenvalue weighted by atomic mass is 32.2. The Morgan fingerprint density at radius 3 is 3.29 bits per heavy atom. The van der Waals surface area contributed by atoms with Gasteiger partial charge >= 0.3 is 0 Å². The van der Waals surface area contributed by atoms with Crippen LogP contribution in [0.15, 0.2) is 12.5 Å². The highest BCUT2D eigenvalue weighted by Crippen LogP contribution is 2.25. The number of hydrogen-bond donors (Lipinski definition) is 2. The van der Waals surface area contributed by atoms with Gasteiger partial charge in [0.25, 0.3) is 0 Å². The first-order chi connectivity index (χ1) is 6.84. The van der Waals surface area contributed by atoms with E-state index in [9.17, 15) is 0 Å². The second-order valence-electron chi connectivity index (χ2n) is 3.86. The molecular weight excluding hydrogens is 194 g/mol. The number of imidazole rings is 1. The lowest BCUT2D eigenvalue weighted by Gasteiger charge is -2.10. The van der Waals surface area contributed by atoms with Crippen LogP contribution < -0.4 is 5.32 Å². The van der Waals surface area contributed by atoms with Gasteiger partial charge < -0.3 is 10.3 Å². The lowest BCUT2D eigenvalue weighted by Crippen LogP contribution is -2.30. The molecule has 1 saturated heterocycles. The van der Waals surface area contributed by atoms with E-state index in [4.69, 9.17) is 0 Å². The number of nitrogens with one attached hydrogen (secondary N) is 2. The molecule has 1 fully saturated rings. The topological polar surface area (TPSA) is 40.7 Å². The van der Waals surface area contributed by atoms with E-state index in [0.717, 1.165) is 24.3 Å². The third kappa shape index (κ3) is 2.75. The van der Waals surface area contributed by atoms with E-state index in [1.165, 1.54) is 17.9 Å². The molecule has 2 heterocycles. The highest BCUT2D eigenvalue weighted by Gasteiger charge is 2.20. The molecule has 3 nitrogen and oxygen atoms in total. The molecule has 0 spiro atoms. The van der Waals surface area contributed by atoms with Crippen LogP contribution in [0.2, 0.25) is 0 Å². The minimum atomic E-state index is 0.720. The second kappa shape index (κ2) is 4.84. The van der Waals surface area contributed by atoms with Gasteiger partial charge in [-0.2, -0.15) is 11.8 Å². The molecule has 0 radical (unpaired) electrons. The summed E-state index contributed by atoms with van der Waals surface area (Å²) in [5, 5.41) is 4.41. The summed E-state index contributed by atoms with van der Waals surface area (Å²) in [6, 6.07) is 0.720. The quantitative estimate of drug-likeness (QED) is 0.791. The zero-order valence-corrected chi connectivity index (χ0v) is 9.31. The van der Waals surface area contributed by atoms with Crippen molar-refractivity contribution >= 4 is 11.8 Å². The van der Waals surface area contributed by atoms with Crippen LogP contribution in [0.1, 0.15) is 19.0 Å². The lowest BCUT2D eigenvalue weighted by molar-refractivity contribution is 0.540. The van der Waals surface area contributed by atoms with Gasteiger partial charge in [-0.05, 0) is 6.42 Å². The molecule has 1 aromatic rings. The number of rotatable bonds is 4. The fraction of sp³-hybridized carbons (Fsp3) is 0.700. The summed E-state index contributed by atoms with van der Waals surface area (Å²) in [5.74, 6) is 1.27. The van der Waals surface area contributed by atoms with Crippen molar-refractivity contribution < 1.29 is 0 Å². The van der Waals surface area contributed by atoms with Crippen molar-refractivity contribution in [3.05, 3.63) is 18.2 Å². The van der Waals surface area contributed by atoms with Crippen molar-refractivity contribution in [3.8, 4) is 0 Å². The molecule has 0 saturated carbocycles. The molecule has 2 atom stereocenters. The van der Waals surface area contributed by atoms with Gasteiger partial charge in [0.15, 0.2) is 0 Å². The Morgan fingerprint density at radius 2 is 2.64 bits per heavy atom. The molecule has 2 N–H and O–H groups in total. The van der Waals surface area contributed by atoms with E-state index >= 15 is 0 Å². The molecular formula is C10H17N3S. The number of aromatic nitrogens is 2. The summed E-state index contributed by atoms with van der Waals surface area (Å²) in [7, 11) is 0. The van der Waals surface area contributed by atoms with Crippen molar-refractivity contribution in [1.29, 1.82) is 0 Å². The third-order valence-electron chi connectivity index (χ3n) is 2.58. The van der Waals surface area contributed by atoms with Crippen LogP contribution in [0.4, 0.5) is 0 Å². The van der Waals surface area contributed by atoms with Gasteiger partial charge in [0.1, 0.15) is 0 Å². The van der Waals surface area contributed by atoms with Gasteiger partial charge in [0, 0.05) is 41.9 Å². The van der Waals surface area contributed by atoms with Gasteiger partial charge in [-0.1, -0.05) is 6.92 Å². The standard InChI is InChI=1S/C10H17N3S/c1-8-4-10(6-14-8)12-3-2-9-5-11-7-13-9/h5,7-8,10,12H,2-4,6H2,1H3,(H,11,13). The number of aromatic amines is 1. The Kier molecular flexibility index (Phi) is 3.48. The van der Waals surface area contributed by atoms with Gasteiger partial charge in [-0.15, -0.1) is 0 Å². The molecule has 1 aromatic heterocycles. The first-order valence-electron chi connectivity index (χ1n) is 5.17. The van der Waals surface area contributed by atoms with E-state index in [-0.39, 0.29) is 0 Å². The van der Waals surface area contributed by atoms with Crippen molar-refractivity contribution in [2.45, 2.75) is 31.1 Å². The van der Waals surface area contributed by atoms with Crippen LogP contribution >= 0.6 is 11.8 Å². The molecule has 2 rings (SSSR count). The van der Waals surface area contributed by atoms with Crippen LogP contribution in [-0.4, -0.2) is 33.6 Å². The van der Waals surface area contributed by atoms with Crippen molar-refractivity contribution in [3.63, 3.8) is 0 Å². The molecule has 78 valence electrons. The molecule has 1 aliphatic rings. The molecule has 1 aliphatic heterocycles. The zero-order chi connectivity index (χ0) is 9.80. The maximum atomic E-state index is 4.00. The number of H-pyrrole nitrogens is 1. The number of nitrogens with zero attached hydrogens (tertiary/aromatic N) is 1. The van der Waals surface area contributed by atoms with E-state index in [2.05, 4.69) is 34.0 Å². The average Bonchev–Trinajstić information content (AvgIpc) is 2.77. The Hall–Kier alpha value is -0.480. The molecule has 0 aromatic carbocycles. The Morgan fingerprint density at radius 1 is 1.71 bits per heavy atom. The monoisotopic (exact) mass is 211 g/mol. The SMILES string of the molecule is CC1CC(NCCc2cnc[nH]2)CS1. The molecule has 0 amide bonds. The second-order valence-corrected chi connectivity index (χ2v) is 5.33. The summed E-state index contributed by atoms with van der Waals surface area (Å²) < 4.78 is 0. The van der Waals surface area contributed by atoms with Crippen LogP contribution in [0.3, 0.4) is 0 Å².